The Kier molecular flexibility index (Phi) is 4.22. The van der Waals surface area contributed by atoms with Gasteiger partial charge in [0, 0.05) is 16.1 Å². The number of hydrogen-bond donors (Lipinski definition) is 2. The summed E-state index contributed by atoms with van der Waals surface area (Å²) in [6.45, 7) is 3.81. The molecular formula is C13H17BrN2O3S. The maximum absolute atomic E-state index is 12.1. The number of primary sulfonamides is 1. The normalized spacial score (nSPS) is 21.6. The number of hydrogen-bond acceptors (Lipinski definition) is 3. The molecule has 2 atom stereocenters. The summed E-state index contributed by atoms with van der Waals surface area (Å²) < 4.78 is 23.5. The van der Waals surface area contributed by atoms with E-state index in [1.54, 1.807) is 13.0 Å². The first-order chi connectivity index (χ1) is 9.24. The number of nitrogens with two attached hydrogens (primary N) is 1. The van der Waals surface area contributed by atoms with Crippen molar-refractivity contribution < 1.29 is 13.2 Å². The Balaban J connectivity index is 2.29. The molecule has 7 heteroatoms. The predicted octanol–water partition coefficient (Wildman–Crippen LogP) is 1.93. The van der Waals surface area contributed by atoms with Crippen molar-refractivity contribution in [1.82, 2.24) is 5.32 Å². The summed E-state index contributed by atoms with van der Waals surface area (Å²) in [4.78, 5) is 12.1. The van der Waals surface area contributed by atoms with Gasteiger partial charge in [-0.1, -0.05) is 13.3 Å². The van der Waals surface area contributed by atoms with Crippen molar-refractivity contribution in [3.8, 4) is 0 Å². The van der Waals surface area contributed by atoms with Crippen LogP contribution in [0.5, 0.6) is 0 Å². The average Bonchev–Trinajstić information content (AvgIpc) is 3.09. The number of carbonyl (C=O) groups is 1. The Morgan fingerprint density at radius 1 is 1.50 bits per heavy atom. The highest BCUT2D eigenvalue weighted by Crippen LogP contribution is 2.33. The molecule has 110 valence electrons. The second kappa shape index (κ2) is 5.46. The van der Waals surface area contributed by atoms with Crippen LogP contribution in [0.3, 0.4) is 0 Å². The fourth-order valence-corrected chi connectivity index (χ4v) is 3.81. The highest BCUT2D eigenvalue weighted by atomic mass is 79.9. The molecule has 0 spiro atoms. The molecule has 1 aliphatic rings. The molecule has 0 saturated heterocycles. The molecule has 1 saturated carbocycles. The minimum atomic E-state index is -3.87. The first-order valence-corrected chi connectivity index (χ1v) is 8.71. The molecule has 3 N–H and O–H groups in total. The van der Waals surface area contributed by atoms with E-state index in [0.29, 0.717) is 21.5 Å². The van der Waals surface area contributed by atoms with Crippen LogP contribution in [0.1, 0.15) is 35.7 Å². The predicted molar refractivity (Wildman–Crippen MR) is 79.9 cm³/mol. The Morgan fingerprint density at radius 2 is 2.15 bits per heavy atom. The van der Waals surface area contributed by atoms with E-state index in [4.69, 9.17) is 5.14 Å². The van der Waals surface area contributed by atoms with Crippen molar-refractivity contribution in [2.45, 2.75) is 37.6 Å². The standard InChI is InChI=1S/C13H17BrN2O3S/c1-3-8-5-10(8)16-13(17)9-4-7(2)12(14)11(6-9)20(15,18)19/h4,6,8,10H,3,5H2,1-2H3,(H,16,17)(H2,15,18,19). The molecule has 2 unspecified atom stereocenters. The van der Waals surface area contributed by atoms with Crippen LogP contribution in [0.25, 0.3) is 0 Å². The SMILES string of the molecule is CCC1CC1NC(=O)c1cc(C)c(Br)c(S(N)(=O)=O)c1. The average molecular weight is 361 g/mol. The number of aryl methyl sites for hydroxylation is 1. The molecule has 5 nitrogen and oxygen atoms in total. The Hall–Kier alpha value is -0.920. The monoisotopic (exact) mass is 360 g/mol. The van der Waals surface area contributed by atoms with Crippen LogP contribution >= 0.6 is 15.9 Å². The van der Waals surface area contributed by atoms with Crippen molar-refractivity contribution >= 4 is 31.9 Å². The van der Waals surface area contributed by atoms with Gasteiger partial charge in [-0.2, -0.15) is 0 Å². The first-order valence-electron chi connectivity index (χ1n) is 6.37. The summed E-state index contributed by atoms with van der Waals surface area (Å²) in [5.74, 6) is 0.277. The van der Waals surface area contributed by atoms with E-state index in [1.165, 1.54) is 6.07 Å². The van der Waals surface area contributed by atoms with Crippen LogP contribution in [0.15, 0.2) is 21.5 Å². The Morgan fingerprint density at radius 3 is 2.65 bits per heavy atom. The van der Waals surface area contributed by atoms with Gasteiger partial charge in [0.05, 0.1) is 4.90 Å². The third-order valence-corrected chi connectivity index (χ3v) is 5.80. The molecule has 0 radical (unpaired) electrons. The van der Waals surface area contributed by atoms with Crippen molar-refractivity contribution in [1.29, 1.82) is 0 Å². The topological polar surface area (TPSA) is 89.3 Å². The number of sulfonamides is 1. The van der Waals surface area contributed by atoms with Crippen LogP contribution in [0, 0.1) is 12.8 Å². The lowest BCUT2D eigenvalue weighted by molar-refractivity contribution is 0.0948. The molecular weight excluding hydrogens is 344 g/mol. The van der Waals surface area contributed by atoms with E-state index in [1.807, 2.05) is 0 Å². The quantitative estimate of drug-likeness (QED) is 0.859. The number of rotatable bonds is 4. The summed E-state index contributed by atoms with van der Waals surface area (Å²) in [6, 6.07) is 3.16. The summed E-state index contributed by atoms with van der Waals surface area (Å²) in [7, 11) is -3.87. The van der Waals surface area contributed by atoms with Crippen LogP contribution < -0.4 is 10.5 Å². The molecule has 2 rings (SSSR count). The van der Waals surface area contributed by atoms with Gasteiger partial charge in [0.2, 0.25) is 10.0 Å². The summed E-state index contributed by atoms with van der Waals surface area (Å²) >= 11 is 3.19. The lowest BCUT2D eigenvalue weighted by atomic mass is 10.1. The molecule has 1 fully saturated rings. The van der Waals surface area contributed by atoms with Gasteiger partial charge in [-0.25, -0.2) is 13.6 Å². The maximum Gasteiger partial charge on any atom is 0.251 e. The number of amides is 1. The van der Waals surface area contributed by atoms with Gasteiger partial charge in [-0.3, -0.25) is 4.79 Å². The lowest BCUT2D eigenvalue weighted by Gasteiger charge is -2.10. The van der Waals surface area contributed by atoms with Crippen LogP contribution in [0.4, 0.5) is 0 Å². The maximum atomic E-state index is 12.1. The van der Waals surface area contributed by atoms with Gasteiger partial charge in [0.25, 0.3) is 5.91 Å². The molecule has 1 aromatic rings. The highest BCUT2D eigenvalue weighted by molar-refractivity contribution is 9.10. The third-order valence-electron chi connectivity index (χ3n) is 3.55. The third kappa shape index (κ3) is 3.21. The van der Waals surface area contributed by atoms with Crippen molar-refractivity contribution in [2.24, 2.45) is 11.1 Å². The van der Waals surface area contributed by atoms with E-state index >= 15 is 0 Å². The zero-order valence-corrected chi connectivity index (χ0v) is 13.7. The van der Waals surface area contributed by atoms with Gasteiger partial charge in [-0.05, 0) is 52.9 Å². The van der Waals surface area contributed by atoms with E-state index in [-0.39, 0.29) is 16.8 Å². The fourth-order valence-electron chi connectivity index (χ4n) is 2.20. The van der Waals surface area contributed by atoms with Crippen LogP contribution in [-0.2, 0) is 10.0 Å². The van der Waals surface area contributed by atoms with E-state index < -0.39 is 10.0 Å². The van der Waals surface area contributed by atoms with Gasteiger partial charge in [0.15, 0.2) is 0 Å². The zero-order chi connectivity index (χ0) is 15.1. The van der Waals surface area contributed by atoms with Crippen molar-refractivity contribution in [2.75, 3.05) is 0 Å². The smallest absolute Gasteiger partial charge is 0.251 e. The van der Waals surface area contributed by atoms with E-state index in [0.717, 1.165) is 12.8 Å². The molecule has 20 heavy (non-hydrogen) atoms. The molecule has 1 aromatic carbocycles. The second-order valence-electron chi connectivity index (χ2n) is 5.13. The Bertz CT molecular complexity index is 658. The summed E-state index contributed by atoms with van der Waals surface area (Å²) in [5, 5.41) is 8.07. The number of carbonyl (C=O) groups excluding carboxylic acids is 1. The second-order valence-corrected chi connectivity index (χ2v) is 7.46. The van der Waals surface area contributed by atoms with Crippen LogP contribution in [0.2, 0.25) is 0 Å². The molecule has 0 heterocycles. The van der Waals surface area contributed by atoms with E-state index in [2.05, 4.69) is 28.2 Å². The molecule has 0 bridgehead atoms. The van der Waals surface area contributed by atoms with Gasteiger partial charge < -0.3 is 5.32 Å². The van der Waals surface area contributed by atoms with E-state index in [9.17, 15) is 13.2 Å². The zero-order valence-electron chi connectivity index (χ0n) is 11.3. The van der Waals surface area contributed by atoms with Crippen LogP contribution in [-0.4, -0.2) is 20.4 Å². The van der Waals surface area contributed by atoms with Gasteiger partial charge in [0.1, 0.15) is 0 Å². The summed E-state index contributed by atoms with van der Waals surface area (Å²) in [5.41, 5.74) is 0.973. The minimum Gasteiger partial charge on any atom is -0.349 e. The number of nitrogens with one attached hydrogen (secondary N) is 1. The molecule has 0 aliphatic heterocycles. The summed E-state index contributed by atoms with van der Waals surface area (Å²) in [6.07, 6.45) is 2.02. The highest BCUT2D eigenvalue weighted by Gasteiger charge is 2.36. The lowest BCUT2D eigenvalue weighted by Crippen LogP contribution is -2.27. The number of benzene rings is 1. The first kappa shape index (κ1) is 15.5. The van der Waals surface area contributed by atoms with Gasteiger partial charge >= 0.3 is 0 Å². The van der Waals surface area contributed by atoms with Crippen molar-refractivity contribution in [3.63, 3.8) is 0 Å². The fraction of sp³-hybridized carbons (Fsp3) is 0.462. The van der Waals surface area contributed by atoms with Crippen molar-refractivity contribution in [3.05, 3.63) is 27.7 Å². The molecule has 1 aliphatic carbocycles. The van der Waals surface area contributed by atoms with Gasteiger partial charge in [-0.15, -0.1) is 0 Å². The minimum absolute atomic E-state index is 0.0644. The largest absolute Gasteiger partial charge is 0.349 e. The Labute approximate surface area is 127 Å². The molecule has 1 amide bonds. The number of halogens is 1. The molecule has 0 aromatic heterocycles.